The minimum absolute atomic E-state index is 0.253. The Hall–Kier alpha value is -1.88. The van der Waals surface area contributed by atoms with E-state index in [0.717, 1.165) is 12.1 Å². The van der Waals surface area contributed by atoms with Crippen LogP contribution in [-0.2, 0) is 13.0 Å². The van der Waals surface area contributed by atoms with Gasteiger partial charge in [0, 0.05) is 22.0 Å². The summed E-state index contributed by atoms with van der Waals surface area (Å²) in [6, 6.07) is 5.98. The molecule has 20 heavy (non-hydrogen) atoms. The highest BCUT2D eigenvalue weighted by Gasteiger charge is 2.15. The molecule has 0 aliphatic heterocycles. The van der Waals surface area contributed by atoms with E-state index in [1.54, 1.807) is 24.3 Å². The van der Waals surface area contributed by atoms with Crippen LogP contribution in [0, 0.1) is 13.8 Å². The summed E-state index contributed by atoms with van der Waals surface area (Å²) in [4.78, 5) is 18.1. The molecule has 0 fully saturated rings. The highest BCUT2D eigenvalue weighted by molar-refractivity contribution is 7.12. The Morgan fingerprint density at radius 1 is 1.35 bits per heavy atom. The van der Waals surface area contributed by atoms with Crippen LogP contribution in [0.5, 0.6) is 0 Å². The van der Waals surface area contributed by atoms with Gasteiger partial charge in [-0.05, 0) is 38.5 Å². The van der Waals surface area contributed by atoms with E-state index in [1.165, 1.54) is 9.75 Å². The Labute approximate surface area is 122 Å². The Bertz CT molecular complexity index is 635. The molecular weight excluding hydrogens is 272 g/mol. The number of hydrogen-bond acceptors (Lipinski definition) is 4. The number of carboxylic acids is 1. The van der Waals surface area contributed by atoms with Crippen molar-refractivity contribution in [3.8, 4) is 0 Å². The topological polar surface area (TPSA) is 62.2 Å². The number of carbonyl (C=O) groups is 1. The lowest BCUT2D eigenvalue weighted by atomic mass is 10.1. The molecule has 0 saturated carbocycles. The number of aromatic nitrogens is 1. The summed E-state index contributed by atoms with van der Waals surface area (Å²) in [6.45, 7) is 6.35. The number of pyridine rings is 1. The summed E-state index contributed by atoms with van der Waals surface area (Å²) >= 11 is 1.75. The van der Waals surface area contributed by atoms with Crippen molar-refractivity contribution in [2.24, 2.45) is 0 Å². The van der Waals surface area contributed by atoms with Gasteiger partial charge < -0.3 is 10.4 Å². The molecular formula is C15H18N2O2S. The minimum atomic E-state index is -0.946. The van der Waals surface area contributed by atoms with Crippen LogP contribution in [0.4, 0.5) is 5.69 Å². The first kappa shape index (κ1) is 14.5. The van der Waals surface area contributed by atoms with E-state index in [0.29, 0.717) is 17.9 Å². The number of aromatic carboxylic acids is 1. The van der Waals surface area contributed by atoms with Crippen LogP contribution in [-0.4, -0.2) is 16.1 Å². The van der Waals surface area contributed by atoms with Crippen molar-refractivity contribution in [2.45, 2.75) is 33.7 Å². The van der Waals surface area contributed by atoms with Gasteiger partial charge in [-0.1, -0.05) is 6.92 Å². The van der Waals surface area contributed by atoms with E-state index in [4.69, 9.17) is 0 Å². The van der Waals surface area contributed by atoms with Crippen LogP contribution < -0.4 is 5.32 Å². The lowest BCUT2D eigenvalue weighted by molar-refractivity contribution is 0.0696. The molecule has 0 saturated heterocycles. The molecule has 4 nitrogen and oxygen atoms in total. The second-order valence-corrected chi connectivity index (χ2v) is 5.90. The van der Waals surface area contributed by atoms with Crippen LogP contribution in [0.2, 0.25) is 0 Å². The van der Waals surface area contributed by atoms with Crippen molar-refractivity contribution in [2.75, 3.05) is 5.32 Å². The molecule has 0 bridgehead atoms. The summed E-state index contributed by atoms with van der Waals surface area (Å²) in [5.41, 5.74) is 2.24. The highest BCUT2D eigenvalue weighted by Crippen LogP contribution is 2.23. The van der Waals surface area contributed by atoms with Gasteiger partial charge >= 0.3 is 5.97 Å². The molecule has 2 rings (SSSR count). The molecule has 2 aromatic heterocycles. The second kappa shape index (κ2) is 6.05. The summed E-state index contributed by atoms with van der Waals surface area (Å²) < 4.78 is 0. The third kappa shape index (κ3) is 3.17. The van der Waals surface area contributed by atoms with Crippen molar-refractivity contribution < 1.29 is 9.90 Å². The SMILES string of the molecule is CCc1ccc(CNc2cc(C)nc(C)c2C(=O)O)s1. The van der Waals surface area contributed by atoms with Gasteiger partial charge in [0.2, 0.25) is 0 Å². The number of carboxylic acid groups (broad SMARTS) is 1. The van der Waals surface area contributed by atoms with Crippen molar-refractivity contribution in [1.29, 1.82) is 0 Å². The molecule has 0 aliphatic carbocycles. The number of nitrogens with one attached hydrogen (secondary N) is 1. The predicted molar refractivity (Wildman–Crippen MR) is 81.7 cm³/mol. The molecule has 0 amide bonds. The van der Waals surface area contributed by atoms with Crippen LogP contribution in [0.15, 0.2) is 18.2 Å². The number of rotatable bonds is 5. The Kier molecular flexibility index (Phi) is 4.39. The second-order valence-electron chi connectivity index (χ2n) is 4.65. The Morgan fingerprint density at radius 3 is 2.65 bits per heavy atom. The van der Waals surface area contributed by atoms with Gasteiger partial charge in [-0.15, -0.1) is 11.3 Å². The smallest absolute Gasteiger partial charge is 0.339 e. The Balaban J connectivity index is 2.22. The summed E-state index contributed by atoms with van der Waals surface area (Å²) in [7, 11) is 0. The van der Waals surface area contributed by atoms with Gasteiger partial charge in [0.25, 0.3) is 0 Å². The third-order valence-corrected chi connectivity index (χ3v) is 4.29. The average Bonchev–Trinajstić information content (AvgIpc) is 2.82. The molecule has 2 N–H and O–H groups in total. The standard InChI is InChI=1S/C15H18N2O2S/c1-4-11-5-6-12(20-11)8-16-13-7-9(2)17-10(3)14(13)15(18)19/h5-7H,4,8H2,1-3H3,(H,16,17)(H,18,19). The number of anilines is 1. The summed E-state index contributed by atoms with van der Waals surface area (Å²) in [5.74, 6) is -0.946. The zero-order valence-electron chi connectivity index (χ0n) is 11.9. The molecule has 0 aromatic carbocycles. The van der Waals surface area contributed by atoms with Crippen LogP contribution in [0.3, 0.4) is 0 Å². The van der Waals surface area contributed by atoms with Gasteiger partial charge in [-0.25, -0.2) is 4.79 Å². The maximum absolute atomic E-state index is 11.3. The molecule has 5 heteroatoms. The summed E-state index contributed by atoms with van der Waals surface area (Å²) in [5, 5.41) is 12.5. The average molecular weight is 290 g/mol. The molecule has 106 valence electrons. The van der Waals surface area contributed by atoms with E-state index in [2.05, 4.69) is 29.4 Å². The van der Waals surface area contributed by atoms with E-state index in [-0.39, 0.29) is 5.56 Å². The minimum Gasteiger partial charge on any atom is -0.478 e. The predicted octanol–water partition coefficient (Wildman–Crippen LogP) is 3.63. The van der Waals surface area contributed by atoms with Gasteiger partial charge in [0.1, 0.15) is 5.56 Å². The molecule has 2 heterocycles. The molecule has 0 unspecified atom stereocenters. The largest absolute Gasteiger partial charge is 0.478 e. The molecule has 0 aliphatic rings. The van der Waals surface area contributed by atoms with Gasteiger partial charge in [0.05, 0.1) is 11.4 Å². The van der Waals surface area contributed by atoms with Crippen LogP contribution >= 0.6 is 11.3 Å². The molecule has 0 atom stereocenters. The molecule has 2 aromatic rings. The fourth-order valence-electron chi connectivity index (χ4n) is 2.13. The number of hydrogen-bond donors (Lipinski definition) is 2. The first-order chi connectivity index (χ1) is 9.51. The van der Waals surface area contributed by atoms with Crippen molar-refractivity contribution in [3.05, 3.63) is 44.9 Å². The van der Waals surface area contributed by atoms with Crippen molar-refractivity contribution >= 4 is 23.0 Å². The molecule has 0 radical (unpaired) electrons. The zero-order valence-corrected chi connectivity index (χ0v) is 12.7. The highest BCUT2D eigenvalue weighted by atomic mass is 32.1. The maximum atomic E-state index is 11.3. The monoisotopic (exact) mass is 290 g/mol. The first-order valence-electron chi connectivity index (χ1n) is 6.54. The summed E-state index contributed by atoms with van der Waals surface area (Å²) in [6.07, 6.45) is 1.03. The number of aryl methyl sites for hydroxylation is 3. The number of nitrogens with zero attached hydrogens (tertiary/aromatic N) is 1. The van der Waals surface area contributed by atoms with Crippen LogP contribution in [0.25, 0.3) is 0 Å². The Morgan fingerprint density at radius 2 is 2.05 bits per heavy atom. The number of thiophene rings is 1. The first-order valence-corrected chi connectivity index (χ1v) is 7.36. The van der Waals surface area contributed by atoms with Crippen LogP contribution in [0.1, 0.15) is 38.4 Å². The third-order valence-electron chi connectivity index (χ3n) is 3.06. The van der Waals surface area contributed by atoms with Gasteiger partial charge in [-0.2, -0.15) is 0 Å². The lowest BCUT2D eigenvalue weighted by Gasteiger charge is -2.11. The molecule has 0 spiro atoms. The fraction of sp³-hybridized carbons (Fsp3) is 0.333. The van der Waals surface area contributed by atoms with Crippen molar-refractivity contribution in [3.63, 3.8) is 0 Å². The lowest BCUT2D eigenvalue weighted by Crippen LogP contribution is -2.10. The van der Waals surface area contributed by atoms with Gasteiger partial charge in [-0.3, -0.25) is 4.98 Å². The van der Waals surface area contributed by atoms with E-state index in [9.17, 15) is 9.90 Å². The van der Waals surface area contributed by atoms with Gasteiger partial charge in [0.15, 0.2) is 0 Å². The zero-order chi connectivity index (χ0) is 14.7. The van der Waals surface area contributed by atoms with E-state index >= 15 is 0 Å². The van der Waals surface area contributed by atoms with Crippen molar-refractivity contribution in [1.82, 2.24) is 4.98 Å². The van der Waals surface area contributed by atoms with E-state index < -0.39 is 5.97 Å². The fourth-order valence-corrected chi connectivity index (χ4v) is 3.03. The van der Waals surface area contributed by atoms with E-state index in [1.807, 2.05) is 6.92 Å². The maximum Gasteiger partial charge on any atom is 0.339 e. The quantitative estimate of drug-likeness (QED) is 0.882. The normalized spacial score (nSPS) is 10.6.